The highest BCUT2D eigenvalue weighted by Gasteiger charge is 2.24. The van der Waals surface area contributed by atoms with Gasteiger partial charge in [-0.1, -0.05) is 0 Å². The summed E-state index contributed by atoms with van der Waals surface area (Å²) in [5.74, 6) is 0.0107. The predicted octanol–water partition coefficient (Wildman–Crippen LogP) is 3.47. The van der Waals surface area contributed by atoms with Crippen molar-refractivity contribution in [3.63, 3.8) is 0 Å². The molecule has 1 saturated heterocycles. The number of fused-ring (bicyclic) bond motifs is 1. The number of rotatable bonds is 2. The van der Waals surface area contributed by atoms with Gasteiger partial charge in [-0.25, -0.2) is 9.98 Å². The van der Waals surface area contributed by atoms with Crippen LogP contribution in [0.3, 0.4) is 0 Å². The van der Waals surface area contributed by atoms with Gasteiger partial charge in [-0.2, -0.15) is 0 Å². The summed E-state index contributed by atoms with van der Waals surface area (Å²) in [6, 6.07) is 8.75. The van der Waals surface area contributed by atoms with E-state index in [2.05, 4.69) is 20.3 Å². The van der Waals surface area contributed by atoms with Crippen LogP contribution in [0, 0.1) is 6.92 Å². The SMILES string of the molecule is Cc1cc(O)ccc1N=C1NC(=O)C(=Cc2c[nH]c3ncccc23)S1. The molecule has 1 fully saturated rings. The Labute approximate surface area is 147 Å². The molecule has 0 radical (unpaired) electrons. The molecule has 6 nitrogen and oxygen atoms in total. The van der Waals surface area contributed by atoms with Crippen LogP contribution in [0.2, 0.25) is 0 Å². The van der Waals surface area contributed by atoms with Gasteiger partial charge in [0.25, 0.3) is 5.91 Å². The average molecular weight is 350 g/mol. The van der Waals surface area contributed by atoms with Crippen LogP contribution in [0.4, 0.5) is 5.69 Å². The Balaban J connectivity index is 1.65. The number of aromatic hydroxyl groups is 1. The number of nitrogens with zero attached hydrogens (tertiary/aromatic N) is 2. The van der Waals surface area contributed by atoms with Gasteiger partial charge >= 0.3 is 0 Å². The second-order valence-corrected chi connectivity index (χ2v) is 6.63. The van der Waals surface area contributed by atoms with Gasteiger partial charge in [-0.3, -0.25) is 4.79 Å². The van der Waals surface area contributed by atoms with Crippen LogP contribution in [0.1, 0.15) is 11.1 Å². The Morgan fingerprint density at radius 3 is 3.04 bits per heavy atom. The average Bonchev–Trinajstić information content (AvgIpc) is 3.15. The summed E-state index contributed by atoms with van der Waals surface area (Å²) < 4.78 is 0. The maximum absolute atomic E-state index is 12.2. The van der Waals surface area contributed by atoms with Crippen LogP contribution < -0.4 is 5.32 Å². The Morgan fingerprint density at radius 2 is 2.20 bits per heavy atom. The molecule has 7 heteroatoms. The molecule has 0 unspecified atom stereocenters. The zero-order valence-electron chi connectivity index (χ0n) is 13.3. The molecule has 4 rings (SSSR count). The van der Waals surface area contributed by atoms with Gasteiger partial charge in [0.05, 0.1) is 10.6 Å². The van der Waals surface area contributed by atoms with Crippen LogP contribution in [0.5, 0.6) is 5.75 Å². The van der Waals surface area contributed by atoms with Gasteiger partial charge in [0.15, 0.2) is 5.17 Å². The van der Waals surface area contributed by atoms with Crippen molar-refractivity contribution in [2.24, 2.45) is 4.99 Å². The summed E-state index contributed by atoms with van der Waals surface area (Å²) in [6.07, 6.45) is 5.38. The molecular weight excluding hydrogens is 336 g/mol. The third kappa shape index (κ3) is 3.01. The summed E-state index contributed by atoms with van der Waals surface area (Å²) in [4.78, 5) is 24.6. The Morgan fingerprint density at radius 1 is 1.32 bits per heavy atom. The minimum atomic E-state index is -0.182. The Bertz CT molecular complexity index is 1050. The van der Waals surface area contributed by atoms with Crippen molar-refractivity contribution in [1.82, 2.24) is 15.3 Å². The van der Waals surface area contributed by atoms with E-state index in [0.29, 0.717) is 15.8 Å². The number of carbonyl (C=O) groups is 1. The number of pyridine rings is 1. The van der Waals surface area contributed by atoms with Crippen LogP contribution >= 0.6 is 11.8 Å². The maximum Gasteiger partial charge on any atom is 0.264 e. The topological polar surface area (TPSA) is 90.4 Å². The molecule has 0 aliphatic carbocycles. The number of aliphatic imine (C=N–C) groups is 1. The fourth-order valence-electron chi connectivity index (χ4n) is 2.59. The standard InChI is InChI=1S/C18H14N4O2S/c1-10-7-12(23)4-5-14(10)21-18-22-17(24)15(25-18)8-11-9-20-16-13(11)3-2-6-19-16/h2-9,23H,1H3,(H,19,20)(H,21,22,24). The first-order valence-electron chi connectivity index (χ1n) is 7.61. The zero-order valence-corrected chi connectivity index (χ0v) is 14.1. The van der Waals surface area contributed by atoms with Crippen LogP contribution in [-0.4, -0.2) is 26.1 Å². The zero-order chi connectivity index (χ0) is 17.4. The monoisotopic (exact) mass is 350 g/mol. The van der Waals surface area contributed by atoms with Crippen molar-refractivity contribution in [2.45, 2.75) is 6.92 Å². The number of thioether (sulfide) groups is 1. The number of H-pyrrole nitrogens is 1. The van der Waals surface area contributed by atoms with Crippen molar-refractivity contribution in [3.8, 4) is 5.75 Å². The number of hydrogen-bond donors (Lipinski definition) is 3. The van der Waals surface area contributed by atoms with Crippen molar-refractivity contribution >= 4 is 45.6 Å². The van der Waals surface area contributed by atoms with Crippen molar-refractivity contribution in [3.05, 3.63) is 58.8 Å². The van der Waals surface area contributed by atoms with Crippen LogP contribution in [0.25, 0.3) is 17.1 Å². The molecule has 2 aromatic heterocycles. The smallest absolute Gasteiger partial charge is 0.264 e. The van der Waals surface area contributed by atoms with E-state index in [1.165, 1.54) is 11.8 Å². The quantitative estimate of drug-likeness (QED) is 0.617. The lowest BCUT2D eigenvalue weighted by molar-refractivity contribution is -0.115. The van der Waals surface area contributed by atoms with E-state index in [9.17, 15) is 9.90 Å². The van der Waals surface area contributed by atoms with Crippen LogP contribution in [0.15, 0.2) is 52.6 Å². The number of benzene rings is 1. The summed E-state index contributed by atoms with van der Waals surface area (Å²) in [5.41, 5.74) is 3.23. The molecule has 0 atom stereocenters. The number of phenols is 1. The first-order valence-corrected chi connectivity index (χ1v) is 8.43. The van der Waals surface area contributed by atoms with Crippen molar-refractivity contribution in [2.75, 3.05) is 0 Å². The van der Waals surface area contributed by atoms with Gasteiger partial charge in [0, 0.05) is 23.3 Å². The molecular formula is C18H14N4O2S. The van der Waals surface area contributed by atoms with E-state index in [1.54, 1.807) is 24.4 Å². The molecule has 1 aromatic carbocycles. The lowest BCUT2D eigenvalue weighted by atomic mass is 10.2. The lowest BCUT2D eigenvalue weighted by Gasteiger charge is -2.01. The Hall–Kier alpha value is -3.06. The third-order valence-electron chi connectivity index (χ3n) is 3.82. The highest BCUT2D eigenvalue weighted by Crippen LogP contribution is 2.31. The number of nitrogens with one attached hydrogen (secondary N) is 2. The summed E-state index contributed by atoms with van der Waals surface area (Å²) in [7, 11) is 0. The number of carbonyl (C=O) groups excluding carboxylic acids is 1. The number of aryl methyl sites for hydroxylation is 1. The molecule has 3 aromatic rings. The van der Waals surface area contributed by atoms with E-state index in [0.717, 1.165) is 22.2 Å². The molecule has 0 bridgehead atoms. The number of amidine groups is 1. The molecule has 0 saturated carbocycles. The molecule has 124 valence electrons. The third-order valence-corrected chi connectivity index (χ3v) is 4.73. The van der Waals surface area contributed by atoms with E-state index >= 15 is 0 Å². The maximum atomic E-state index is 12.2. The minimum Gasteiger partial charge on any atom is -0.508 e. The second-order valence-electron chi connectivity index (χ2n) is 5.60. The summed E-state index contributed by atoms with van der Waals surface area (Å²) in [6.45, 7) is 1.86. The highest BCUT2D eigenvalue weighted by atomic mass is 32.2. The Kier molecular flexibility index (Phi) is 3.77. The highest BCUT2D eigenvalue weighted by molar-refractivity contribution is 8.18. The normalized spacial score (nSPS) is 17.6. The summed E-state index contributed by atoms with van der Waals surface area (Å²) >= 11 is 1.29. The van der Waals surface area contributed by atoms with Gasteiger partial charge < -0.3 is 15.4 Å². The van der Waals surface area contributed by atoms with Gasteiger partial charge in [-0.05, 0) is 60.7 Å². The predicted molar refractivity (Wildman–Crippen MR) is 99.7 cm³/mol. The van der Waals surface area contributed by atoms with E-state index < -0.39 is 0 Å². The fraction of sp³-hybridized carbons (Fsp3) is 0.0556. The first kappa shape index (κ1) is 15.5. The fourth-order valence-corrected chi connectivity index (χ4v) is 3.42. The van der Waals surface area contributed by atoms with Crippen LogP contribution in [-0.2, 0) is 4.79 Å². The second kappa shape index (κ2) is 6.10. The molecule has 1 aliphatic heterocycles. The molecule has 3 N–H and O–H groups in total. The molecule has 1 amide bonds. The summed E-state index contributed by atoms with van der Waals surface area (Å²) in [5, 5.41) is 13.7. The molecule has 3 heterocycles. The molecule has 1 aliphatic rings. The lowest BCUT2D eigenvalue weighted by Crippen LogP contribution is -2.19. The first-order chi connectivity index (χ1) is 12.1. The van der Waals surface area contributed by atoms with Gasteiger partial charge in [0.2, 0.25) is 0 Å². The number of aromatic amines is 1. The number of amides is 1. The van der Waals surface area contributed by atoms with E-state index in [4.69, 9.17) is 0 Å². The van der Waals surface area contributed by atoms with E-state index in [1.807, 2.05) is 31.3 Å². The van der Waals surface area contributed by atoms with Gasteiger partial charge in [-0.15, -0.1) is 0 Å². The number of phenolic OH excluding ortho intramolecular Hbond substituents is 1. The van der Waals surface area contributed by atoms with Gasteiger partial charge in [0.1, 0.15) is 11.4 Å². The number of hydrogen-bond acceptors (Lipinski definition) is 5. The van der Waals surface area contributed by atoms with E-state index in [-0.39, 0.29) is 11.7 Å². The number of aromatic nitrogens is 2. The van der Waals surface area contributed by atoms with Crippen molar-refractivity contribution < 1.29 is 9.90 Å². The molecule has 25 heavy (non-hydrogen) atoms. The minimum absolute atomic E-state index is 0.182. The molecule has 0 spiro atoms. The largest absolute Gasteiger partial charge is 0.508 e. The van der Waals surface area contributed by atoms with Crippen molar-refractivity contribution in [1.29, 1.82) is 0 Å².